The van der Waals surface area contributed by atoms with Crippen LogP contribution in [0.1, 0.15) is 18.4 Å². The second-order valence-electron chi connectivity index (χ2n) is 5.42. The summed E-state index contributed by atoms with van der Waals surface area (Å²) >= 11 is 6.08. The van der Waals surface area contributed by atoms with E-state index in [0.29, 0.717) is 36.6 Å². The van der Waals surface area contributed by atoms with Crippen molar-refractivity contribution >= 4 is 29.2 Å². The van der Waals surface area contributed by atoms with Crippen molar-refractivity contribution in [1.82, 2.24) is 4.90 Å². The summed E-state index contributed by atoms with van der Waals surface area (Å²) in [6.07, 6.45) is 1.18. The lowest BCUT2D eigenvalue weighted by atomic mass is 9.97. The maximum absolute atomic E-state index is 12.0. The van der Waals surface area contributed by atoms with Gasteiger partial charge in [0, 0.05) is 0 Å². The van der Waals surface area contributed by atoms with Gasteiger partial charge in [0.05, 0.1) is 23.2 Å². The molecule has 0 atom stereocenters. The van der Waals surface area contributed by atoms with Crippen molar-refractivity contribution in [2.75, 3.05) is 25.0 Å². The molecule has 6 heteroatoms. The molecule has 0 radical (unpaired) electrons. The molecule has 1 aliphatic heterocycles. The number of nitrogens with zero attached hydrogens (tertiary/aromatic N) is 1. The predicted octanol–water partition coefficient (Wildman–Crippen LogP) is 2.38. The zero-order chi connectivity index (χ0) is 15.4. The molecule has 2 rings (SSSR count). The number of piperidine rings is 1. The lowest BCUT2D eigenvalue weighted by Crippen LogP contribution is -2.40. The number of carbonyl (C=O) groups is 2. The van der Waals surface area contributed by atoms with Crippen LogP contribution < -0.4 is 5.32 Å². The fourth-order valence-corrected chi connectivity index (χ4v) is 2.73. The highest BCUT2D eigenvalue weighted by atomic mass is 35.5. The number of hydrogen-bond donors (Lipinski definition) is 2. The predicted molar refractivity (Wildman–Crippen MR) is 81.6 cm³/mol. The van der Waals surface area contributed by atoms with Gasteiger partial charge >= 0.3 is 5.97 Å². The topological polar surface area (TPSA) is 69.6 Å². The van der Waals surface area contributed by atoms with E-state index in [4.69, 9.17) is 16.7 Å². The molecule has 1 aliphatic rings. The maximum Gasteiger partial charge on any atom is 0.306 e. The van der Waals surface area contributed by atoms with Gasteiger partial charge in [-0.1, -0.05) is 17.7 Å². The van der Waals surface area contributed by atoms with E-state index < -0.39 is 5.97 Å². The fourth-order valence-electron chi connectivity index (χ4n) is 2.45. The van der Waals surface area contributed by atoms with Gasteiger partial charge in [0.2, 0.25) is 5.91 Å². The minimum Gasteiger partial charge on any atom is -0.481 e. The monoisotopic (exact) mass is 310 g/mol. The van der Waals surface area contributed by atoms with E-state index in [2.05, 4.69) is 5.32 Å². The van der Waals surface area contributed by atoms with Crippen molar-refractivity contribution in [1.29, 1.82) is 0 Å². The molecule has 2 N–H and O–H groups in total. The number of anilines is 1. The molecule has 0 aliphatic carbocycles. The number of nitrogens with one attached hydrogen (secondary N) is 1. The van der Waals surface area contributed by atoms with E-state index in [0.717, 1.165) is 5.56 Å². The van der Waals surface area contributed by atoms with Crippen LogP contribution in [0.4, 0.5) is 5.69 Å². The number of carboxylic acids is 1. The second kappa shape index (κ2) is 6.91. The zero-order valence-corrected chi connectivity index (χ0v) is 12.7. The van der Waals surface area contributed by atoms with Crippen LogP contribution in [-0.2, 0) is 9.59 Å². The molecule has 21 heavy (non-hydrogen) atoms. The minimum atomic E-state index is -0.745. The van der Waals surface area contributed by atoms with Gasteiger partial charge in [-0.2, -0.15) is 0 Å². The number of hydrogen-bond acceptors (Lipinski definition) is 3. The van der Waals surface area contributed by atoms with Gasteiger partial charge in [0.15, 0.2) is 0 Å². The summed E-state index contributed by atoms with van der Waals surface area (Å²) in [6.45, 7) is 3.46. The van der Waals surface area contributed by atoms with Crippen LogP contribution in [0.5, 0.6) is 0 Å². The standard InChI is InChI=1S/C15H19ClN2O3/c1-10-2-3-13(12(16)8-10)17-14(19)9-18-6-4-11(5-7-18)15(20)21/h2-3,8,11H,4-7,9H2,1H3,(H,17,19)(H,20,21). The Kier molecular flexibility index (Phi) is 5.20. The van der Waals surface area contributed by atoms with Gasteiger partial charge in [-0.05, 0) is 50.6 Å². The first-order valence-corrected chi connectivity index (χ1v) is 7.34. The number of rotatable bonds is 4. The third kappa shape index (κ3) is 4.44. The molecule has 5 nitrogen and oxygen atoms in total. The lowest BCUT2D eigenvalue weighted by Gasteiger charge is -2.29. The minimum absolute atomic E-state index is 0.130. The Balaban J connectivity index is 1.84. The SMILES string of the molecule is Cc1ccc(NC(=O)CN2CCC(C(=O)O)CC2)c(Cl)c1. The van der Waals surface area contributed by atoms with Crippen LogP contribution >= 0.6 is 11.6 Å². The number of aliphatic carboxylic acids is 1. The molecule has 1 amide bonds. The summed E-state index contributed by atoms with van der Waals surface area (Å²) in [6, 6.07) is 5.47. The van der Waals surface area contributed by atoms with Gasteiger partial charge < -0.3 is 10.4 Å². The Hall–Kier alpha value is -1.59. The Morgan fingerprint density at radius 2 is 2.05 bits per heavy atom. The Morgan fingerprint density at radius 3 is 2.62 bits per heavy atom. The van der Waals surface area contributed by atoms with E-state index in [9.17, 15) is 9.59 Å². The van der Waals surface area contributed by atoms with Crippen molar-refractivity contribution in [3.8, 4) is 0 Å². The molecule has 1 fully saturated rings. The second-order valence-corrected chi connectivity index (χ2v) is 5.83. The fraction of sp³-hybridized carbons (Fsp3) is 0.467. The van der Waals surface area contributed by atoms with Crippen LogP contribution in [0.3, 0.4) is 0 Å². The maximum atomic E-state index is 12.0. The Labute approximate surface area is 128 Å². The highest BCUT2D eigenvalue weighted by Gasteiger charge is 2.25. The van der Waals surface area contributed by atoms with Crippen LogP contribution in [0.2, 0.25) is 5.02 Å². The van der Waals surface area contributed by atoms with Crippen LogP contribution in [0.25, 0.3) is 0 Å². The molecular weight excluding hydrogens is 292 g/mol. The molecule has 0 aromatic heterocycles. The first-order chi connectivity index (χ1) is 9.95. The summed E-state index contributed by atoms with van der Waals surface area (Å²) in [5, 5.41) is 12.3. The molecule has 1 aromatic carbocycles. The smallest absolute Gasteiger partial charge is 0.306 e. The first kappa shape index (κ1) is 15.8. The Bertz CT molecular complexity index is 540. The number of benzene rings is 1. The van der Waals surface area contributed by atoms with Gasteiger partial charge in [-0.3, -0.25) is 14.5 Å². The summed E-state index contributed by atoms with van der Waals surface area (Å²) in [5.41, 5.74) is 1.64. The molecule has 0 saturated carbocycles. The van der Waals surface area contributed by atoms with Crippen molar-refractivity contribution in [3.63, 3.8) is 0 Å². The van der Waals surface area contributed by atoms with Crippen molar-refractivity contribution in [3.05, 3.63) is 28.8 Å². The van der Waals surface area contributed by atoms with E-state index in [1.54, 1.807) is 12.1 Å². The van der Waals surface area contributed by atoms with Crippen molar-refractivity contribution in [2.45, 2.75) is 19.8 Å². The average molecular weight is 311 g/mol. The molecule has 1 aromatic rings. The summed E-state index contributed by atoms with van der Waals surface area (Å²) in [7, 11) is 0. The third-order valence-electron chi connectivity index (χ3n) is 3.70. The Morgan fingerprint density at radius 1 is 1.38 bits per heavy atom. The molecule has 0 bridgehead atoms. The average Bonchev–Trinajstić information content (AvgIpc) is 2.42. The highest BCUT2D eigenvalue weighted by molar-refractivity contribution is 6.33. The molecule has 1 saturated heterocycles. The molecule has 0 spiro atoms. The van der Waals surface area contributed by atoms with Gasteiger partial charge in [0.25, 0.3) is 0 Å². The molecular formula is C15H19ClN2O3. The van der Waals surface area contributed by atoms with Gasteiger partial charge in [-0.25, -0.2) is 0 Å². The summed E-state index contributed by atoms with van der Waals surface area (Å²) in [4.78, 5) is 24.9. The number of likely N-dealkylation sites (tertiary alicyclic amines) is 1. The van der Waals surface area contributed by atoms with Crippen molar-refractivity contribution in [2.24, 2.45) is 5.92 Å². The van der Waals surface area contributed by atoms with E-state index in [1.807, 2.05) is 17.9 Å². The number of carbonyl (C=O) groups excluding carboxylic acids is 1. The number of aryl methyl sites for hydroxylation is 1. The summed E-state index contributed by atoms with van der Waals surface area (Å²) in [5.74, 6) is -1.16. The summed E-state index contributed by atoms with van der Waals surface area (Å²) < 4.78 is 0. The first-order valence-electron chi connectivity index (χ1n) is 6.97. The molecule has 1 heterocycles. The zero-order valence-electron chi connectivity index (χ0n) is 11.9. The van der Waals surface area contributed by atoms with E-state index >= 15 is 0 Å². The number of halogens is 1. The lowest BCUT2D eigenvalue weighted by molar-refractivity contribution is -0.143. The van der Waals surface area contributed by atoms with E-state index in [1.165, 1.54) is 0 Å². The van der Waals surface area contributed by atoms with Gasteiger partial charge in [-0.15, -0.1) is 0 Å². The largest absolute Gasteiger partial charge is 0.481 e. The normalized spacial score (nSPS) is 16.7. The van der Waals surface area contributed by atoms with Crippen LogP contribution in [-0.4, -0.2) is 41.5 Å². The molecule has 114 valence electrons. The van der Waals surface area contributed by atoms with Crippen LogP contribution in [0, 0.1) is 12.8 Å². The third-order valence-corrected chi connectivity index (χ3v) is 4.02. The number of amides is 1. The highest BCUT2D eigenvalue weighted by Crippen LogP contribution is 2.23. The van der Waals surface area contributed by atoms with E-state index in [-0.39, 0.29) is 18.4 Å². The quantitative estimate of drug-likeness (QED) is 0.896. The van der Waals surface area contributed by atoms with Gasteiger partial charge in [0.1, 0.15) is 0 Å². The number of carboxylic acid groups (broad SMARTS) is 1. The molecule has 0 unspecified atom stereocenters. The van der Waals surface area contributed by atoms with Crippen LogP contribution in [0.15, 0.2) is 18.2 Å². The van der Waals surface area contributed by atoms with Crippen molar-refractivity contribution < 1.29 is 14.7 Å².